The van der Waals surface area contributed by atoms with E-state index in [-0.39, 0.29) is 21.5 Å². The number of hydrogen-bond acceptors (Lipinski definition) is 5. The Labute approximate surface area is 184 Å². The summed E-state index contributed by atoms with van der Waals surface area (Å²) < 4.78 is 6.47. The Kier molecular flexibility index (Phi) is 4.41. The molecule has 0 spiro atoms. The Balaban J connectivity index is 1.70. The highest BCUT2D eigenvalue weighted by Gasteiger charge is 2.43. The molecule has 2 aliphatic rings. The molecule has 1 aliphatic carbocycles. The summed E-state index contributed by atoms with van der Waals surface area (Å²) in [5.74, 6) is 1.22. The van der Waals surface area contributed by atoms with E-state index in [0.29, 0.717) is 41.3 Å². The van der Waals surface area contributed by atoms with Gasteiger partial charge >= 0.3 is 0 Å². The number of hydrogen-bond donors (Lipinski definition) is 3. The third-order valence-corrected chi connectivity index (χ3v) is 6.20. The standard InChI is InChI=1S/C24H23N3O3S/c1-12-4-6-13(7-5-12)16-8-9-17(30-16)19-18-14(10-24(2,3)11-15(18)28)25-21-20(19)22(29)27-23(31)26-21/h4-9,19H,10-11H2,1-3H3,(H3,25,26,27,29,31). The topological polar surface area (TPSA) is 90.9 Å². The first-order valence-corrected chi connectivity index (χ1v) is 10.7. The maximum Gasteiger partial charge on any atom is 0.258 e. The number of furan rings is 1. The van der Waals surface area contributed by atoms with Crippen molar-refractivity contribution >= 4 is 23.8 Å². The van der Waals surface area contributed by atoms with E-state index in [4.69, 9.17) is 16.6 Å². The Morgan fingerprint density at radius 2 is 1.77 bits per heavy atom. The summed E-state index contributed by atoms with van der Waals surface area (Å²) >= 11 is 5.18. The molecule has 0 bridgehead atoms. The zero-order valence-electron chi connectivity index (χ0n) is 17.6. The fraction of sp³-hybridized carbons (Fsp3) is 0.292. The highest BCUT2D eigenvalue weighted by molar-refractivity contribution is 7.71. The van der Waals surface area contributed by atoms with E-state index < -0.39 is 5.92 Å². The SMILES string of the molecule is Cc1ccc(-c2ccc(C3C4=C(CC(C)(C)CC4=O)Nc4[nH]c(=S)[nH]c(=O)c43)o2)cc1. The number of allylic oxidation sites excluding steroid dienone is 2. The third kappa shape index (κ3) is 3.39. The van der Waals surface area contributed by atoms with Crippen LogP contribution in [0.5, 0.6) is 0 Å². The van der Waals surface area contributed by atoms with Gasteiger partial charge in [-0.2, -0.15) is 0 Å². The predicted molar refractivity (Wildman–Crippen MR) is 122 cm³/mol. The average molecular weight is 434 g/mol. The van der Waals surface area contributed by atoms with Gasteiger partial charge in [0.1, 0.15) is 17.3 Å². The van der Waals surface area contributed by atoms with Crippen LogP contribution < -0.4 is 10.9 Å². The molecule has 1 atom stereocenters. The molecule has 0 fully saturated rings. The number of rotatable bonds is 2. The van der Waals surface area contributed by atoms with Crippen molar-refractivity contribution in [2.24, 2.45) is 5.41 Å². The van der Waals surface area contributed by atoms with Gasteiger partial charge in [0, 0.05) is 23.3 Å². The number of H-pyrrole nitrogens is 2. The smallest absolute Gasteiger partial charge is 0.258 e. The number of ketones is 1. The summed E-state index contributed by atoms with van der Waals surface area (Å²) in [7, 11) is 0. The lowest BCUT2D eigenvalue weighted by molar-refractivity contribution is -0.118. The van der Waals surface area contributed by atoms with Gasteiger partial charge in [0.25, 0.3) is 5.56 Å². The highest BCUT2D eigenvalue weighted by Crippen LogP contribution is 2.48. The lowest BCUT2D eigenvalue weighted by atomic mass is 9.70. The largest absolute Gasteiger partial charge is 0.460 e. The fourth-order valence-electron chi connectivity index (χ4n) is 4.61. The van der Waals surface area contributed by atoms with Gasteiger partial charge in [0.05, 0.1) is 11.5 Å². The molecule has 3 N–H and O–H groups in total. The van der Waals surface area contributed by atoms with Gasteiger partial charge in [-0.05, 0) is 43.1 Å². The molecule has 6 nitrogen and oxygen atoms in total. The maximum absolute atomic E-state index is 13.2. The van der Waals surface area contributed by atoms with Crippen molar-refractivity contribution < 1.29 is 9.21 Å². The van der Waals surface area contributed by atoms with E-state index in [2.05, 4.69) is 29.1 Å². The van der Waals surface area contributed by atoms with Crippen LogP contribution in [0.25, 0.3) is 11.3 Å². The first kappa shape index (κ1) is 19.8. The molecule has 2 aromatic heterocycles. The number of anilines is 1. The fourth-order valence-corrected chi connectivity index (χ4v) is 4.81. The van der Waals surface area contributed by atoms with E-state index >= 15 is 0 Å². The number of carbonyl (C=O) groups excluding carboxylic acids is 1. The van der Waals surface area contributed by atoms with Gasteiger partial charge in [-0.1, -0.05) is 43.7 Å². The second kappa shape index (κ2) is 6.92. The molecule has 5 rings (SSSR count). The third-order valence-electron chi connectivity index (χ3n) is 6.00. The van der Waals surface area contributed by atoms with Crippen LogP contribution in [0.3, 0.4) is 0 Å². The van der Waals surface area contributed by atoms with E-state index in [9.17, 15) is 9.59 Å². The quantitative estimate of drug-likeness (QED) is 0.483. The molecule has 3 heterocycles. The maximum atomic E-state index is 13.2. The van der Waals surface area contributed by atoms with Crippen molar-refractivity contribution in [3.8, 4) is 11.3 Å². The van der Waals surface area contributed by atoms with Crippen molar-refractivity contribution in [2.45, 2.75) is 39.5 Å². The van der Waals surface area contributed by atoms with Crippen molar-refractivity contribution in [1.29, 1.82) is 0 Å². The van der Waals surface area contributed by atoms with Crippen LogP contribution in [0.2, 0.25) is 0 Å². The van der Waals surface area contributed by atoms with Crippen LogP contribution in [0.1, 0.15) is 49.5 Å². The highest BCUT2D eigenvalue weighted by atomic mass is 32.1. The lowest BCUT2D eigenvalue weighted by Gasteiger charge is -2.38. The summed E-state index contributed by atoms with van der Waals surface area (Å²) in [6, 6.07) is 11.8. The predicted octanol–water partition coefficient (Wildman–Crippen LogP) is 5.20. The summed E-state index contributed by atoms with van der Waals surface area (Å²) in [6.45, 7) is 6.18. The van der Waals surface area contributed by atoms with Crippen LogP contribution >= 0.6 is 12.2 Å². The van der Waals surface area contributed by atoms with E-state index in [0.717, 1.165) is 16.8 Å². The Morgan fingerprint density at radius 3 is 2.52 bits per heavy atom. The molecule has 158 valence electrons. The molecule has 1 aromatic carbocycles. The molecule has 1 aliphatic heterocycles. The number of aryl methyl sites for hydroxylation is 1. The number of aromatic nitrogens is 2. The molecule has 1 unspecified atom stereocenters. The molecule has 0 radical (unpaired) electrons. The van der Waals surface area contributed by atoms with Crippen LogP contribution in [-0.2, 0) is 4.79 Å². The molecule has 3 aromatic rings. The Hall–Kier alpha value is -3.19. The van der Waals surface area contributed by atoms with Crippen LogP contribution in [0.4, 0.5) is 5.82 Å². The van der Waals surface area contributed by atoms with Gasteiger partial charge in [-0.15, -0.1) is 0 Å². The minimum Gasteiger partial charge on any atom is -0.460 e. The summed E-state index contributed by atoms with van der Waals surface area (Å²) in [6.07, 6.45) is 1.12. The zero-order chi connectivity index (χ0) is 21.9. The Bertz CT molecular complexity index is 1360. The van der Waals surface area contributed by atoms with E-state index in [1.54, 1.807) is 0 Å². The molecule has 0 amide bonds. The van der Waals surface area contributed by atoms with Gasteiger partial charge < -0.3 is 14.7 Å². The molecule has 0 saturated carbocycles. The number of Topliss-reactive ketones (excluding diaryl/α,β-unsaturated/α-hetero) is 1. The van der Waals surface area contributed by atoms with Crippen LogP contribution in [-0.4, -0.2) is 15.8 Å². The van der Waals surface area contributed by atoms with Crippen molar-refractivity contribution in [1.82, 2.24) is 9.97 Å². The zero-order valence-corrected chi connectivity index (χ0v) is 18.4. The summed E-state index contributed by atoms with van der Waals surface area (Å²) in [4.78, 5) is 31.9. The summed E-state index contributed by atoms with van der Waals surface area (Å²) in [5, 5.41) is 3.29. The van der Waals surface area contributed by atoms with Crippen molar-refractivity contribution in [3.05, 3.63) is 79.7 Å². The number of nitrogens with one attached hydrogen (secondary N) is 3. The minimum atomic E-state index is -0.593. The molecule has 7 heteroatoms. The number of carbonyl (C=O) groups is 1. The van der Waals surface area contributed by atoms with Crippen LogP contribution in [0, 0.1) is 17.1 Å². The molecule has 0 saturated heterocycles. The number of benzene rings is 1. The second-order valence-electron chi connectivity index (χ2n) is 9.16. The van der Waals surface area contributed by atoms with Crippen molar-refractivity contribution in [3.63, 3.8) is 0 Å². The van der Waals surface area contributed by atoms with Gasteiger partial charge in [-0.3, -0.25) is 14.6 Å². The molecular formula is C24H23N3O3S. The van der Waals surface area contributed by atoms with Crippen molar-refractivity contribution in [2.75, 3.05) is 5.32 Å². The van der Waals surface area contributed by atoms with E-state index in [1.165, 1.54) is 0 Å². The normalized spacial score (nSPS) is 19.6. The first-order chi connectivity index (χ1) is 14.7. The summed E-state index contributed by atoms with van der Waals surface area (Å²) in [5.41, 5.74) is 3.46. The Morgan fingerprint density at radius 1 is 1.03 bits per heavy atom. The van der Waals surface area contributed by atoms with Gasteiger partial charge in [-0.25, -0.2) is 0 Å². The number of fused-ring (bicyclic) bond motifs is 1. The lowest BCUT2D eigenvalue weighted by Crippen LogP contribution is -2.36. The molecular weight excluding hydrogens is 410 g/mol. The average Bonchev–Trinajstić information content (AvgIpc) is 3.15. The first-order valence-electron chi connectivity index (χ1n) is 10.3. The monoisotopic (exact) mass is 433 g/mol. The van der Waals surface area contributed by atoms with Crippen LogP contribution in [0.15, 0.2) is 56.9 Å². The number of aromatic amines is 2. The van der Waals surface area contributed by atoms with Gasteiger partial charge in [0.15, 0.2) is 10.6 Å². The minimum absolute atomic E-state index is 0.0320. The second-order valence-corrected chi connectivity index (χ2v) is 9.56. The molecule has 31 heavy (non-hydrogen) atoms. The van der Waals surface area contributed by atoms with E-state index in [1.807, 2.05) is 43.3 Å². The van der Waals surface area contributed by atoms with Gasteiger partial charge in [0.2, 0.25) is 0 Å².